The zero-order chi connectivity index (χ0) is 27.4. The minimum atomic E-state index is -4.96. The summed E-state index contributed by atoms with van der Waals surface area (Å²) < 4.78 is 70.8. The van der Waals surface area contributed by atoms with Gasteiger partial charge in [0.15, 0.2) is 0 Å². The molecule has 6 rings (SSSR count). The number of hydrogen-bond donors (Lipinski definition) is 2. The van der Waals surface area contributed by atoms with E-state index < -0.39 is 30.0 Å². The van der Waals surface area contributed by atoms with Crippen molar-refractivity contribution in [2.45, 2.75) is 9.79 Å². The molecule has 11 heteroatoms. The summed E-state index contributed by atoms with van der Waals surface area (Å²) in [6, 6.07) is 29.4. The Hall–Kier alpha value is -4.42. The van der Waals surface area contributed by atoms with Crippen LogP contribution in [0.5, 0.6) is 0 Å². The van der Waals surface area contributed by atoms with Crippen molar-refractivity contribution >= 4 is 64.5 Å². The lowest BCUT2D eigenvalue weighted by atomic mass is 10.0. The van der Waals surface area contributed by atoms with Crippen molar-refractivity contribution in [3.05, 3.63) is 103 Å². The Balaban J connectivity index is 1.69. The van der Waals surface area contributed by atoms with Gasteiger partial charge in [0.25, 0.3) is 10.1 Å². The van der Waals surface area contributed by atoms with E-state index >= 15 is 0 Å². The molecule has 0 aliphatic carbocycles. The molecule has 0 aliphatic heterocycles. The Bertz CT molecular complexity index is 2150. The highest BCUT2D eigenvalue weighted by molar-refractivity contribution is 7.86. The topological polar surface area (TPSA) is 140 Å². The highest BCUT2D eigenvalue weighted by Gasteiger charge is 2.24. The first-order valence-corrected chi connectivity index (χ1v) is 14.5. The smallest absolute Gasteiger partial charge is 0.296 e. The van der Waals surface area contributed by atoms with Crippen LogP contribution in [0, 0.1) is 0 Å². The van der Waals surface area contributed by atoms with E-state index in [1.54, 1.807) is 0 Å². The fourth-order valence-electron chi connectivity index (χ4n) is 4.71. The molecule has 194 valence electrons. The summed E-state index contributed by atoms with van der Waals surface area (Å²) in [6.45, 7) is 0. The van der Waals surface area contributed by atoms with Crippen LogP contribution in [0.1, 0.15) is 0 Å². The first-order valence-electron chi connectivity index (χ1n) is 11.7. The molecule has 1 aromatic heterocycles. The van der Waals surface area contributed by atoms with Gasteiger partial charge < -0.3 is 9.87 Å². The van der Waals surface area contributed by atoms with Crippen LogP contribution in [0.2, 0.25) is 0 Å². The minimum absolute atomic E-state index is 0.102. The lowest BCUT2D eigenvalue weighted by Gasteiger charge is -2.16. The van der Waals surface area contributed by atoms with E-state index in [-0.39, 0.29) is 5.69 Å². The second-order valence-corrected chi connectivity index (χ2v) is 11.6. The quantitative estimate of drug-likeness (QED) is 0.134. The van der Waals surface area contributed by atoms with Gasteiger partial charge in [-0.3, -0.25) is 4.55 Å². The molecule has 39 heavy (non-hydrogen) atoms. The molecule has 0 saturated carbocycles. The van der Waals surface area contributed by atoms with E-state index in [9.17, 15) is 25.9 Å². The fourth-order valence-corrected chi connectivity index (χ4v) is 5.95. The van der Waals surface area contributed by atoms with Crippen molar-refractivity contribution in [2.24, 2.45) is 0 Å². The molecule has 0 atom stereocenters. The van der Waals surface area contributed by atoms with Crippen LogP contribution >= 0.6 is 0 Å². The number of nitrogens with zero attached hydrogens (tertiary/aromatic N) is 2. The predicted molar refractivity (Wildman–Crippen MR) is 146 cm³/mol. The third-order valence-corrected chi connectivity index (χ3v) is 8.12. The van der Waals surface area contributed by atoms with Gasteiger partial charge in [0.1, 0.15) is 26.0 Å². The van der Waals surface area contributed by atoms with E-state index in [0.717, 1.165) is 34.2 Å². The van der Waals surface area contributed by atoms with Crippen LogP contribution in [0.15, 0.2) is 113 Å². The maximum Gasteiger partial charge on any atom is 0.296 e. The molecule has 0 aliphatic rings. The van der Waals surface area contributed by atoms with Gasteiger partial charge in [0, 0.05) is 35.0 Å². The summed E-state index contributed by atoms with van der Waals surface area (Å²) in [5.41, 5.74) is 4.31. The van der Waals surface area contributed by atoms with Crippen LogP contribution in [-0.2, 0) is 20.2 Å². The second kappa shape index (κ2) is 9.10. The number of hydrogen-bond acceptors (Lipinski definition) is 7. The molecule has 9 nitrogen and oxygen atoms in total. The third kappa shape index (κ3) is 4.47. The molecule has 0 spiro atoms. The molecule has 0 saturated heterocycles. The van der Waals surface area contributed by atoms with Crippen LogP contribution in [0.3, 0.4) is 0 Å². The molecule has 0 unspecified atom stereocenters. The van der Waals surface area contributed by atoms with Gasteiger partial charge in [0.05, 0.1) is 16.3 Å². The van der Waals surface area contributed by atoms with Gasteiger partial charge >= 0.3 is 0 Å². The van der Waals surface area contributed by atoms with E-state index in [4.69, 9.17) is 4.98 Å². The summed E-state index contributed by atoms with van der Waals surface area (Å²) in [7, 11) is -9.86. The number of fused-ring (bicyclic) bond motifs is 4. The molecule has 0 fully saturated rings. The lowest BCUT2D eigenvalue weighted by Crippen LogP contribution is -2.33. The average Bonchev–Trinajstić information content (AvgIpc) is 2.91. The summed E-state index contributed by atoms with van der Waals surface area (Å²) in [6.07, 6.45) is 0. The zero-order valence-corrected chi connectivity index (χ0v) is 21.6. The maximum absolute atomic E-state index is 12.2. The first-order chi connectivity index (χ1) is 18.6. The van der Waals surface area contributed by atoms with Crippen molar-refractivity contribution in [2.75, 3.05) is 5.32 Å². The Labute approximate surface area is 223 Å². The van der Waals surface area contributed by atoms with E-state index in [0.29, 0.717) is 28.2 Å². The van der Waals surface area contributed by atoms with E-state index in [2.05, 4.69) is 5.32 Å². The van der Waals surface area contributed by atoms with Crippen molar-refractivity contribution in [1.29, 1.82) is 0 Å². The number of para-hydroxylation sites is 3. The van der Waals surface area contributed by atoms with Gasteiger partial charge in [0.2, 0.25) is 16.7 Å². The van der Waals surface area contributed by atoms with E-state index in [1.807, 2.05) is 89.5 Å². The number of anilines is 2. The minimum Gasteiger partial charge on any atom is -0.744 e. The van der Waals surface area contributed by atoms with Gasteiger partial charge in [-0.1, -0.05) is 54.6 Å². The Morgan fingerprint density at radius 2 is 1.38 bits per heavy atom. The number of aromatic nitrogens is 2. The molecule has 6 aromatic rings. The van der Waals surface area contributed by atoms with Crippen molar-refractivity contribution in [3.8, 4) is 5.69 Å². The average molecular weight is 558 g/mol. The molecule has 2 N–H and O–H groups in total. The van der Waals surface area contributed by atoms with Crippen LogP contribution in [0.4, 0.5) is 11.4 Å². The SMILES string of the molecule is O=S(=O)([O-])c1ccc(Nc2cc3c(nc4ccccc4[n+]3-c3ccccc3)c3ccccc23)c(S(=O)(=O)O)c1. The summed E-state index contributed by atoms with van der Waals surface area (Å²) in [4.78, 5) is 3.43. The molecule has 0 radical (unpaired) electrons. The van der Waals surface area contributed by atoms with Gasteiger partial charge in [-0.15, -0.1) is 4.57 Å². The standard InChI is InChI=1S/C28H19N3O6S2/c32-38(33,34)19-14-15-23(27(16-19)39(35,36)37)29-24-17-26-28(21-11-5-4-10-20(21)24)30-22-12-6-7-13-25(22)31(26)18-8-2-1-3-9-18/h1-17H,(H2,32,33,34,35,36,37). The number of nitrogens with one attached hydrogen (secondary N) is 1. The Morgan fingerprint density at radius 3 is 2.10 bits per heavy atom. The predicted octanol–water partition coefficient (Wildman–Crippen LogP) is 4.71. The zero-order valence-electron chi connectivity index (χ0n) is 20.0. The van der Waals surface area contributed by atoms with Crippen molar-refractivity contribution in [3.63, 3.8) is 0 Å². The summed E-state index contributed by atoms with van der Waals surface area (Å²) in [5, 5.41) is 4.52. The third-order valence-electron chi connectivity index (χ3n) is 6.40. The van der Waals surface area contributed by atoms with Crippen LogP contribution in [-0.4, -0.2) is 30.9 Å². The second-order valence-electron chi connectivity index (χ2n) is 8.82. The molecule has 1 heterocycles. The first kappa shape index (κ1) is 24.9. The molecule has 0 amide bonds. The highest BCUT2D eigenvalue weighted by Crippen LogP contribution is 2.35. The highest BCUT2D eigenvalue weighted by atomic mass is 32.2. The monoisotopic (exact) mass is 557 g/mol. The fraction of sp³-hybridized carbons (Fsp3) is 0. The van der Waals surface area contributed by atoms with Crippen LogP contribution < -0.4 is 9.88 Å². The Kier molecular flexibility index (Phi) is 5.81. The number of rotatable bonds is 5. The molecule has 0 bridgehead atoms. The van der Waals surface area contributed by atoms with Gasteiger partial charge in [-0.05, 0) is 24.3 Å². The van der Waals surface area contributed by atoms with Crippen LogP contribution in [0.25, 0.3) is 38.5 Å². The summed E-state index contributed by atoms with van der Waals surface area (Å²) in [5.74, 6) is 0. The lowest BCUT2D eigenvalue weighted by molar-refractivity contribution is -0.538. The molecule has 5 aromatic carbocycles. The van der Waals surface area contributed by atoms with Gasteiger partial charge in [-0.2, -0.15) is 8.42 Å². The normalized spacial score (nSPS) is 12.3. The number of benzene rings is 5. The molecular formula is C28H19N3O6S2. The maximum atomic E-state index is 12.2. The van der Waals surface area contributed by atoms with Crippen molar-refractivity contribution in [1.82, 2.24) is 4.98 Å². The van der Waals surface area contributed by atoms with Gasteiger partial charge in [-0.25, -0.2) is 13.4 Å². The summed E-state index contributed by atoms with van der Waals surface area (Å²) >= 11 is 0. The molecular weight excluding hydrogens is 538 g/mol. The van der Waals surface area contributed by atoms with Crippen molar-refractivity contribution < 1.29 is 30.5 Å². The Morgan fingerprint density at radius 1 is 0.718 bits per heavy atom. The largest absolute Gasteiger partial charge is 0.744 e. The van der Waals surface area contributed by atoms with E-state index in [1.165, 1.54) is 0 Å².